The minimum Gasteiger partial charge on any atom is -0.445 e. The lowest BCUT2D eigenvalue weighted by atomic mass is 10.0. The van der Waals surface area contributed by atoms with Crippen molar-refractivity contribution in [3.8, 4) is 0 Å². The van der Waals surface area contributed by atoms with Gasteiger partial charge in [0, 0.05) is 69.6 Å². The van der Waals surface area contributed by atoms with Crippen molar-refractivity contribution in [2.24, 2.45) is 0 Å². The van der Waals surface area contributed by atoms with Gasteiger partial charge in [0.15, 0.2) is 0 Å². The maximum atomic E-state index is 14.8. The fourth-order valence-corrected chi connectivity index (χ4v) is 10.5. The minimum atomic E-state index is -3.95. The van der Waals surface area contributed by atoms with E-state index < -0.39 is 23.6 Å². The molecule has 1 amide bonds. The van der Waals surface area contributed by atoms with Gasteiger partial charge in [-0.2, -0.15) is 9.40 Å². The number of ether oxygens (including phenoxy) is 3. The average molecular weight is 753 g/mol. The zero-order chi connectivity index (χ0) is 36.8. The summed E-state index contributed by atoms with van der Waals surface area (Å²) in [5, 5.41) is 5.81. The summed E-state index contributed by atoms with van der Waals surface area (Å²) in [6.07, 6.45) is 3.81. The van der Waals surface area contributed by atoms with Crippen molar-refractivity contribution < 1.29 is 27.4 Å². The lowest BCUT2D eigenvalue weighted by molar-refractivity contribution is -0.0940. The minimum absolute atomic E-state index is 0.0365. The van der Waals surface area contributed by atoms with Crippen LogP contribution in [0.2, 0.25) is 25.7 Å². The number of amides is 1. The van der Waals surface area contributed by atoms with Crippen molar-refractivity contribution in [3.63, 3.8) is 0 Å². The lowest BCUT2D eigenvalue weighted by Crippen LogP contribution is -2.64. The van der Waals surface area contributed by atoms with Gasteiger partial charge in [-0.25, -0.2) is 13.2 Å². The molecule has 1 saturated carbocycles. The molecular formula is C38H56N6O6SSi. The van der Waals surface area contributed by atoms with E-state index in [4.69, 9.17) is 19.3 Å². The van der Waals surface area contributed by atoms with Crippen LogP contribution >= 0.6 is 0 Å². The zero-order valence-corrected chi connectivity index (χ0v) is 33.5. The van der Waals surface area contributed by atoms with Gasteiger partial charge in [-0.3, -0.25) is 9.58 Å². The Bertz CT molecular complexity index is 1830. The van der Waals surface area contributed by atoms with Gasteiger partial charge < -0.3 is 24.0 Å². The van der Waals surface area contributed by atoms with Gasteiger partial charge in [0.1, 0.15) is 13.3 Å². The van der Waals surface area contributed by atoms with Crippen molar-refractivity contribution in [2.45, 2.75) is 107 Å². The maximum Gasteiger partial charge on any atom is 0.410 e. The van der Waals surface area contributed by atoms with E-state index in [0.717, 1.165) is 67.3 Å². The molecule has 14 heteroatoms. The van der Waals surface area contributed by atoms with Gasteiger partial charge in [0.05, 0.1) is 41.9 Å². The van der Waals surface area contributed by atoms with Crippen LogP contribution in [0.5, 0.6) is 0 Å². The Balaban J connectivity index is 1.20. The molecule has 0 radical (unpaired) electrons. The first-order valence-electron chi connectivity index (χ1n) is 18.9. The van der Waals surface area contributed by atoms with E-state index in [2.05, 4.69) is 43.3 Å². The van der Waals surface area contributed by atoms with Gasteiger partial charge in [-0.15, -0.1) is 0 Å². The predicted octanol–water partition coefficient (Wildman–Crippen LogP) is 5.77. The number of nitrogens with zero attached hydrogens (tertiary/aromatic N) is 6. The number of benzene rings is 2. The van der Waals surface area contributed by atoms with Gasteiger partial charge in [0.25, 0.3) is 0 Å². The summed E-state index contributed by atoms with van der Waals surface area (Å²) in [6.45, 7) is 18.2. The number of carbonyl (C=O) groups excluding carboxylic acids is 1. The van der Waals surface area contributed by atoms with E-state index in [1.54, 1.807) is 15.3 Å². The van der Waals surface area contributed by atoms with Crippen LogP contribution in [0.15, 0.2) is 53.6 Å². The highest BCUT2D eigenvalue weighted by Gasteiger charge is 2.50. The number of likely N-dealkylation sites (tertiary alicyclic amines) is 1. The highest BCUT2D eigenvalue weighted by atomic mass is 32.2. The zero-order valence-electron chi connectivity index (χ0n) is 31.7. The molecule has 1 unspecified atom stereocenters. The normalized spacial score (nSPS) is 24.1. The van der Waals surface area contributed by atoms with Crippen LogP contribution in [0.3, 0.4) is 0 Å². The van der Waals surface area contributed by atoms with Gasteiger partial charge in [-0.05, 0) is 63.8 Å². The first kappa shape index (κ1) is 37.3. The van der Waals surface area contributed by atoms with Crippen LogP contribution in [-0.4, -0.2) is 123 Å². The van der Waals surface area contributed by atoms with E-state index in [9.17, 15) is 13.2 Å². The smallest absolute Gasteiger partial charge is 0.410 e. The molecule has 0 bridgehead atoms. The number of aromatic nitrogens is 2. The molecule has 4 aliphatic rings. The number of carbonyl (C=O) groups is 1. The third kappa shape index (κ3) is 7.78. The molecule has 7 rings (SSSR count). The summed E-state index contributed by atoms with van der Waals surface area (Å²) in [4.78, 5) is 20.0. The fourth-order valence-electron chi connectivity index (χ4n) is 7.97. The molecular weight excluding hydrogens is 697 g/mol. The molecule has 3 aliphatic heterocycles. The SMILES string of the molecule is C[C@@H]1CN(c2cc(S(=O)(=O)N(COCC[Si](C)(C)C)C3(C)CC3)cc3c2cnn3C2CCN(C(=O)OCc3ccccc3)C2)C[C@H](C)N1C1COC1. The average Bonchev–Trinajstić information content (AvgIpc) is 3.43. The van der Waals surface area contributed by atoms with E-state index in [0.29, 0.717) is 32.2 Å². The molecule has 0 spiro atoms. The molecule has 4 fully saturated rings. The third-order valence-electron chi connectivity index (χ3n) is 11.4. The number of fused-ring (bicyclic) bond motifs is 1. The van der Waals surface area contributed by atoms with Gasteiger partial charge in [-0.1, -0.05) is 50.0 Å². The molecule has 3 saturated heterocycles. The molecule has 3 atom stereocenters. The molecule has 4 heterocycles. The van der Waals surface area contributed by atoms with Crippen LogP contribution in [-0.2, 0) is 30.8 Å². The number of hydrogen-bond donors (Lipinski definition) is 0. The fraction of sp³-hybridized carbons (Fsp3) is 0.632. The second-order valence-electron chi connectivity index (χ2n) is 16.8. The van der Waals surface area contributed by atoms with Crippen LogP contribution in [0.25, 0.3) is 10.9 Å². The molecule has 12 nitrogen and oxygen atoms in total. The largest absolute Gasteiger partial charge is 0.445 e. The van der Waals surface area contributed by atoms with Crippen molar-refractivity contribution in [2.75, 3.05) is 57.6 Å². The van der Waals surface area contributed by atoms with Crippen molar-refractivity contribution >= 4 is 40.8 Å². The van der Waals surface area contributed by atoms with Gasteiger partial charge in [0.2, 0.25) is 10.0 Å². The van der Waals surface area contributed by atoms with Gasteiger partial charge >= 0.3 is 6.09 Å². The maximum absolute atomic E-state index is 14.8. The molecule has 1 aliphatic carbocycles. The Morgan fingerprint density at radius 2 is 1.75 bits per heavy atom. The summed E-state index contributed by atoms with van der Waals surface area (Å²) in [6, 6.07) is 15.1. The lowest BCUT2D eigenvalue weighted by Gasteiger charge is -2.51. The Kier molecular flexibility index (Phi) is 10.5. The standard InChI is InChI=1S/C38H56N6O6SSi/c1-28-21-41(22-29(2)43(28)32-25-49-26-32)35-18-33(51(46,47)42(38(3)13-14-38)27-48-16-17-52(4,5)6)19-36-34(35)20-39-44(36)31-12-15-40(23-31)37(45)50-24-30-10-8-7-9-11-30/h7-11,18-20,28-29,31-32H,12-17,21-27H2,1-6H3/t28-,29+,31?. The molecule has 2 aromatic carbocycles. The number of piperazine rings is 1. The molecule has 0 N–H and O–H groups in total. The van der Waals surface area contributed by atoms with Crippen LogP contribution in [0.1, 0.15) is 51.6 Å². The summed E-state index contributed by atoms with van der Waals surface area (Å²) < 4.78 is 50.5. The van der Waals surface area contributed by atoms with Crippen molar-refractivity contribution in [1.82, 2.24) is 23.9 Å². The van der Waals surface area contributed by atoms with Crippen LogP contribution in [0, 0.1) is 0 Å². The quantitative estimate of drug-likeness (QED) is 0.122. The Hall–Kier alpha value is -3.01. The highest BCUT2D eigenvalue weighted by Crippen LogP contribution is 2.45. The van der Waals surface area contributed by atoms with E-state index in [1.165, 1.54) is 0 Å². The summed E-state index contributed by atoms with van der Waals surface area (Å²) >= 11 is 0. The Labute approximate surface area is 310 Å². The van der Waals surface area contributed by atoms with Crippen LogP contribution < -0.4 is 4.90 Å². The number of sulfonamides is 1. The second-order valence-corrected chi connectivity index (χ2v) is 24.3. The number of hydrogen-bond acceptors (Lipinski definition) is 9. The Morgan fingerprint density at radius 1 is 1.04 bits per heavy atom. The first-order valence-corrected chi connectivity index (χ1v) is 24.1. The van der Waals surface area contributed by atoms with Crippen LogP contribution in [0.4, 0.5) is 10.5 Å². The monoisotopic (exact) mass is 752 g/mol. The highest BCUT2D eigenvalue weighted by molar-refractivity contribution is 7.89. The van der Waals surface area contributed by atoms with Crippen molar-refractivity contribution in [1.29, 1.82) is 0 Å². The van der Waals surface area contributed by atoms with Crippen molar-refractivity contribution in [3.05, 3.63) is 54.2 Å². The summed E-state index contributed by atoms with van der Waals surface area (Å²) in [5.74, 6) is 0. The second kappa shape index (κ2) is 14.7. The summed E-state index contributed by atoms with van der Waals surface area (Å²) in [7, 11) is -5.29. The molecule has 3 aromatic rings. The number of anilines is 1. The van der Waals surface area contributed by atoms with E-state index >= 15 is 0 Å². The number of rotatable bonds is 13. The first-order chi connectivity index (χ1) is 24.7. The summed E-state index contributed by atoms with van der Waals surface area (Å²) in [5.41, 5.74) is 2.10. The Morgan fingerprint density at radius 3 is 2.38 bits per heavy atom. The van der Waals surface area contributed by atoms with E-state index in [1.807, 2.05) is 54.2 Å². The molecule has 1 aromatic heterocycles. The predicted molar refractivity (Wildman–Crippen MR) is 205 cm³/mol. The topological polar surface area (TPSA) is 110 Å². The molecule has 284 valence electrons. The van der Waals surface area contributed by atoms with E-state index in [-0.39, 0.29) is 42.5 Å². The molecule has 52 heavy (non-hydrogen) atoms. The third-order valence-corrected chi connectivity index (χ3v) is 15.0.